The number of halogens is 1. The lowest BCUT2D eigenvalue weighted by molar-refractivity contribution is 1.06. The highest BCUT2D eigenvalue weighted by atomic mass is 35.5. The number of hydrogen-bond donors (Lipinski definition) is 0. The number of aromatic nitrogens is 2. The molecule has 1 unspecified atom stereocenters. The molecular formula is C14H11ClN2S2. The van der Waals surface area contributed by atoms with Gasteiger partial charge in [-0.3, -0.25) is 0 Å². The number of fused-ring (bicyclic) bond motifs is 1. The van der Waals surface area contributed by atoms with Gasteiger partial charge in [-0.1, -0.05) is 41.6 Å². The number of nitrogens with zero attached hydrogens (tertiary/aromatic N) is 2. The molecular weight excluding hydrogens is 296 g/mol. The Morgan fingerprint density at radius 3 is 2.89 bits per heavy atom. The number of thioether (sulfide) groups is 1. The standard InChI is InChI=1S/C14H11ClN2S2/c1-9(10-4-2-3-5-11(10)15)19-14-13-12(6-7-18-13)16-8-17-14/h2-9H,1H3. The van der Waals surface area contributed by atoms with Crippen LogP contribution in [-0.2, 0) is 0 Å². The lowest BCUT2D eigenvalue weighted by Crippen LogP contribution is -1.91. The lowest BCUT2D eigenvalue weighted by Gasteiger charge is -2.12. The summed E-state index contributed by atoms with van der Waals surface area (Å²) in [5.41, 5.74) is 2.14. The summed E-state index contributed by atoms with van der Waals surface area (Å²) in [4.78, 5) is 8.65. The molecule has 2 aromatic heterocycles. The van der Waals surface area contributed by atoms with E-state index in [1.165, 1.54) is 0 Å². The highest BCUT2D eigenvalue weighted by Crippen LogP contribution is 2.40. The minimum absolute atomic E-state index is 0.258. The molecule has 0 aliphatic heterocycles. The summed E-state index contributed by atoms with van der Waals surface area (Å²) in [7, 11) is 0. The van der Waals surface area contributed by atoms with Crippen LogP contribution in [0.1, 0.15) is 17.7 Å². The Morgan fingerprint density at radius 2 is 2.05 bits per heavy atom. The van der Waals surface area contributed by atoms with Crippen molar-refractivity contribution in [1.82, 2.24) is 9.97 Å². The molecule has 1 atom stereocenters. The molecule has 0 aliphatic carbocycles. The van der Waals surface area contributed by atoms with Crippen LogP contribution in [0.3, 0.4) is 0 Å². The number of hydrogen-bond acceptors (Lipinski definition) is 4. The van der Waals surface area contributed by atoms with Gasteiger partial charge in [0.1, 0.15) is 11.4 Å². The summed E-state index contributed by atoms with van der Waals surface area (Å²) in [5, 5.41) is 4.13. The fourth-order valence-corrected chi connectivity index (χ4v) is 4.25. The molecule has 96 valence electrons. The maximum Gasteiger partial charge on any atom is 0.118 e. The van der Waals surface area contributed by atoms with E-state index in [9.17, 15) is 0 Å². The largest absolute Gasteiger partial charge is 0.235 e. The topological polar surface area (TPSA) is 25.8 Å². The molecule has 0 fully saturated rings. The second-order valence-electron chi connectivity index (χ2n) is 4.10. The van der Waals surface area contributed by atoms with Gasteiger partial charge in [0, 0.05) is 10.3 Å². The van der Waals surface area contributed by atoms with Gasteiger partial charge in [-0.2, -0.15) is 0 Å². The van der Waals surface area contributed by atoms with E-state index < -0.39 is 0 Å². The van der Waals surface area contributed by atoms with Crippen LogP contribution in [0.4, 0.5) is 0 Å². The smallest absolute Gasteiger partial charge is 0.118 e. The third kappa shape index (κ3) is 2.61. The Hall–Kier alpha value is -1.10. The molecule has 0 amide bonds. The average molecular weight is 307 g/mol. The van der Waals surface area contributed by atoms with Gasteiger partial charge in [-0.05, 0) is 30.0 Å². The monoisotopic (exact) mass is 306 g/mol. The highest BCUT2D eigenvalue weighted by molar-refractivity contribution is 7.99. The maximum atomic E-state index is 6.24. The van der Waals surface area contributed by atoms with Crippen LogP contribution >= 0.6 is 34.7 Å². The van der Waals surface area contributed by atoms with E-state index in [1.54, 1.807) is 29.4 Å². The van der Waals surface area contributed by atoms with E-state index in [4.69, 9.17) is 11.6 Å². The van der Waals surface area contributed by atoms with E-state index in [0.29, 0.717) is 0 Å². The van der Waals surface area contributed by atoms with Crippen molar-refractivity contribution in [3.63, 3.8) is 0 Å². The van der Waals surface area contributed by atoms with E-state index in [-0.39, 0.29) is 5.25 Å². The SMILES string of the molecule is CC(Sc1ncnc2ccsc12)c1ccccc1Cl. The van der Waals surface area contributed by atoms with Crippen molar-refractivity contribution >= 4 is 44.9 Å². The molecule has 0 saturated heterocycles. The van der Waals surface area contributed by atoms with Crippen molar-refractivity contribution in [3.8, 4) is 0 Å². The molecule has 2 nitrogen and oxygen atoms in total. The van der Waals surface area contributed by atoms with Gasteiger partial charge in [-0.25, -0.2) is 9.97 Å². The molecule has 0 saturated carbocycles. The highest BCUT2D eigenvalue weighted by Gasteiger charge is 2.14. The zero-order chi connectivity index (χ0) is 13.2. The van der Waals surface area contributed by atoms with Gasteiger partial charge < -0.3 is 0 Å². The first kappa shape index (κ1) is 12.9. The van der Waals surface area contributed by atoms with Gasteiger partial charge in [0.2, 0.25) is 0 Å². The van der Waals surface area contributed by atoms with Crippen LogP contribution in [-0.4, -0.2) is 9.97 Å². The summed E-state index contributed by atoms with van der Waals surface area (Å²) in [5.74, 6) is 0. The third-order valence-electron chi connectivity index (χ3n) is 2.84. The molecule has 0 N–H and O–H groups in total. The summed E-state index contributed by atoms with van der Waals surface area (Å²) in [6, 6.07) is 9.97. The second-order valence-corrected chi connectivity index (χ2v) is 6.75. The summed E-state index contributed by atoms with van der Waals surface area (Å²) < 4.78 is 1.14. The third-order valence-corrected chi connectivity index (χ3v) is 5.37. The number of benzene rings is 1. The van der Waals surface area contributed by atoms with E-state index in [2.05, 4.69) is 23.0 Å². The summed E-state index contributed by atoms with van der Waals surface area (Å²) in [6.07, 6.45) is 1.62. The molecule has 0 spiro atoms. The first-order valence-electron chi connectivity index (χ1n) is 5.85. The average Bonchev–Trinajstić information content (AvgIpc) is 2.88. The second kappa shape index (κ2) is 5.49. The Labute approximate surface area is 124 Å². The number of thiophene rings is 1. The van der Waals surface area contributed by atoms with Gasteiger partial charge in [0.15, 0.2) is 0 Å². The van der Waals surface area contributed by atoms with Gasteiger partial charge in [-0.15, -0.1) is 11.3 Å². The Balaban J connectivity index is 1.93. The van der Waals surface area contributed by atoms with Crippen molar-refractivity contribution in [2.75, 3.05) is 0 Å². The minimum atomic E-state index is 0.258. The molecule has 19 heavy (non-hydrogen) atoms. The molecule has 0 bridgehead atoms. The van der Waals surface area contributed by atoms with Crippen LogP contribution in [0.2, 0.25) is 5.02 Å². The van der Waals surface area contributed by atoms with E-state index in [0.717, 1.165) is 25.8 Å². The first-order chi connectivity index (χ1) is 9.25. The Morgan fingerprint density at radius 1 is 1.21 bits per heavy atom. The van der Waals surface area contributed by atoms with Crippen molar-refractivity contribution in [2.24, 2.45) is 0 Å². The normalized spacial score (nSPS) is 12.7. The van der Waals surface area contributed by atoms with Crippen molar-refractivity contribution in [2.45, 2.75) is 17.2 Å². The summed E-state index contributed by atoms with van der Waals surface area (Å²) in [6.45, 7) is 2.15. The molecule has 2 heterocycles. The van der Waals surface area contributed by atoms with Crippen molar-refractivity contribution in [1.29, 1.82) is 0 Å². The zero-order valence-corrected chi connectivity index (χ0v) is 12.6. The fraction of sp³-hybridized carbons (Fsp3) is 0.143. The van der Waals surface area contributed by atoms with Gasteiger partial charge >= 0.3 is 0 Å². The van der Waals surface area contributed by atoms with Gasteiger partial charge in [0.05, 0.1) is 10.2 Å². The molecule has 0 radical (unpaired) electrons. The van der Waals surface area contributed by atoms with Crippen LogP contribution in [0.5, 0.6) is 0 Å². The minimum Gasteiger partial charge on any atom is -0.235 e. The van der Waals surface area contributed by atoms with Crippen molar-refractivity contribution in [3.05, 3.63) is 52.6 Å². The van der Waals surface area contributed by atoms with Gasteiger partial charge in [0.25, 0.3) is 0 Å². The van der Waals surface area contributed by atoms with E-state index >= 15 is 0 Å². The molecule has 5 heteroatoms. The molecule has 3 rings (SSSR count). The fourth-order valence-electron chi connectivity index (χ4n) is 1.89. The molecule has 0 aliphatic rings. The van der Waals surface area contributed by atoms with Crippen molar-refractivity contribution < 1.29 is 0 Å². The maximum absolute atomic E-state index is 6.24. The zero-order valence-electron chi connectivity index (χ0n) is 10.2. The van der Waals surface area contributed by atoms with Crippen LogP contribution in [0.15, 0.2) is 47.1 Å². The predicted molar refractivity (Wildman–Crippen MR) is 83.1 cm³/mol. The van der Waals surface area contributed by atoms with Crippen LogP contribution in [0, 0.1) is 0 Å². The summed E-state index contributed by atoms with van der Waals surface area (Å²) >= 11 is 9.64. The first-order valence-corrected chi connectivity index (χ1v) is 7.98. The molecule has 1 aromatic carbocycles. The number of rotatable bonds is 3. The Bertz CT molecular complexity index is 711. The van der Waals surface area contributed by atoms with E-state index in [1.807, 2.05) is 29.6 Å². The van der Waals surface area contributed by atoms with Crippen LogP contribution < -0.4 is 0 Å². The van der Waals surface area contributed by atoms with Crippen LogP contribution in [0.25, 0.3) is 10.2 Å². The predicted octanol–water partition coefficient (Wildman–Crippen LogP) is 5.20. The Kier molecular flexibility index (Phi) is 3.73. The quantitative estimate of drug-likeness (QED) is 0.491. The molecule has 3 aromatic rings. The lowest BCUT2D eigenvalue weighted by atomic mass is 10.2.